The van der Waals surface area contributed by atoms with Crippen molar-refractivity contribution < 1.29 is 8.42 Å². The summed E-state index contributed by atoms with van der Waals surface area (Å²) in [6.45, 7) is 2.07. The monoisotopic (exact) mass is 246 g/mol. The highest BCUT2D eigenvalue weighted by atomic mass is 32.2. The zero-order valence-electron chi connectivity index (χ0n) is 9.74. The molecule has 2 N–H and O–H groups in total. The van der Waals surface area contributed by atoms with E-state index in [4.69, 9.17) is 0 Å². The van der Waals surface area contributed by atoms with Crippen molar-refractivity contribution >= 4 is 10.0 Å². The molecule has 1 unspecified atom stereocenters. The van der Waals surface area contributed by atoms with Crippen molar-refractivity contribution in [2.24, 2.45) is 5.92 Å². The van der Waals surface area contributed by atoms with Crippen LogP contribution in [0.1, 0.15) is 38.5 Å². The second-order valence-corrected chi connectivity index (χ2v) is 6.94. The van der Waals surface area contributed by atoms with Crippen LogP contribution in [0, 0.1) is 5.92 Å². The first-order valence-electron chi connectivity index (χ1n) is 6.36. The Morgan fingerprint density at radius 1 is 1.19 bits per heavy atom. The number of sulfonamides is 1. The maximum absolute atomic E-state index is 11.7. The lowest BCUT2D eigenvalue weighted by molar-refractivity contribution is 0.363. The van der Waals surface area contributed by atoms with Crippen LogP contribution in [0.2, 0.25) is 0 Å². The van der Waals surface area contributed by atoms with Gasteiger partial charge in [-0.25, -0.2) is 13.1 Å². The molecule has 0 radical (unpaired) electrons. The molecule has 1 heterocycles. The van der Waals surface area contributed by atoms with Gasteiger partial charge in [-0.05, 0) is 51.1 Å². The second kappa shape index (κ2) is 5.47. The quantitative estimate of drug-likeness (QED) is 0.756. The fourth-order valence-corrected chi connectivity index (χ4v) is 3.84. The zero-order chi connectivity index (χ0) is 11.4. The van der Waals surface area contributed by atoms with Crippen LogP contribution in [-0.4, -0.2) is 33.3 Å². The van der Waals surface area contributed by atoms with Crippen LogP contribution in [0.3, 0.4) is 0 Å². The molecule has 4 nitrogen and oxygen atoms in total. The van der Waals surface area contributed by atoms with Gasteiger partial charge in [0, 0.05) is 6.04 Å². The zero-order valence-corrected chi connectivity index (χ0v) is 10.6. The Morgan fingerprint density at radius 3 is 2.56 bits per heavy atom. The number of nitrogens with one attached hydrogen (secondary N) is 2. The lowest BCUT2D eigenvalue weighted by Crippen LogP contribution is -2.41. The van der Waals surface area contributed by atoms with E-state index >= 15 is 0 Å². The molecule has 0 aromatic rings. The summed E-state index contributed by atoms with van der Waals surface area (Å²) in [5, 5.41) is 3.32. The van der Waals surface area contributed by atoms with Crippen molar-refractivity contribution in [1.29, 1.82) is 0 Å². The summed E-state index contributed by atoms with van der Waals surface area (Å²) in [4.78, 5) is 0. The normalized spacial score (nSPS) is 27.6. The Hall–Kier alpha value is -0.130. The molecular weight excluding hydrogens is 224 g/mol. The lowest BCUT2D eigenvalue weighted by atomic mass is 9.94. The molecule has 0 aromatic heterocycles. The summed E-state index contributed by atoms with van der Waals surface area (Å²) in [5.41, 5.74) is 0. The maximum atomic E-state index is 11.7. The summed E-state index contributed by atoms with van der Waals surface area (Å²) in [6.07, 6.45) is 6.36. The standard InChI is InChI=1S/C11H22N2O2S/c14-16(15,13-11-4-1-5-11)8-6-10-3-2-7-12-9-10/h10-13H,1-9H2. The first-order chi connectivity index (χ1) is 7.66. The third-order valence-electron chi connectivity index (χ3n) is 3.65. The molecule has 16 heavy (non-hydrogen) atoms. The van der Waals surface area contributed by atoms with Crippen LogP contribution >= 0.6 is 0 Å². The van der Waals surface area contributed by atoms with E-state index in [0.29, 0.717) is 11.7 Å². The van der Waals surface area contributed by atoms with Gasteiger partial charge in [-0.3, -0.25) is 0 Å². The van der Waals surface area contributed by atoms with Crippen molar-refractivity contribution in [2.45, 2.75) is 44.6 Å². The molecule has 1 atom stereocenters. The van der Waals surface area contributed by atoms with Crippen molar-refractivity contribution in [2.75, 3.05) is 18.8 Å². The van der Waals surface area contributed by atoms with E-state index < -0.39 is 10.0 Å². The Morgan fingerprint density at radius 2 is 2.00 bits per heavy atom. The molecule has 1 aliphatic carbocycles. The first-order valence-corrected chi connectivity index (χ1v) is 8.02. The van der Waals surface area contributed by atoms with Gasteiger partial charge in [0.05, 0.1) is 5.75 Å². The number of piperidine rings is 1. The fraction of sp³-hybridized carbons (Fsp3) is 1.00. The summed E-state index contributed by atoms with van der Waals surface area (Å²) < 4.78 is 26.3. The third kappa shape index (κ3) is 3.71. The average Bonchev–Trinajstić information content (AvgIpc) is 2.23. The van der Waals surface area contributed by atoms with E-state index in [1.807, 2.05) is 0 Å². The number of hydrogen-bond donors (Lipinski definition) is 2. The Kier molecular flexibility index (Phi) is 4.21. The van der Waals surface area contributed by atoms with E-state index in [-0.39, 0.29) is 6.04 Å². The summed E-state index contributed by atoms with van der Waals surface area (Å²) in [5.74, 6) is 0.849. The van der Waals surface area contributed by atoms with E-state index in [2.05, 4.69) is 10.0 Å². The van der Waals surface area contributed by atoms with Gasteiger partial charge >= 0.3 is 0 Å². The van der Waals surface area contributed by atoms with E-state index in [1.165, 1.54) is 19.3 Å². The molecule has 2 rings (SSSR count). The lowest BCUT2D eigenvalue weighted by Gasteiger charge is -2.27. The predicted octanol–water partition coefficient (Wildman–Crippen LogP) is 0.848. The average molecular weight is 246 g/mol. The van der Waals surface area contributed by atoms with Crippen LogP contribution in [0.15, 0.2) is 0 Å². The topological polar surface area (TPSA) is 58.2 Å². The van der Waals surface area contributed by atoms with Crippen LogP contribution in [0.4, 0.5) is 0 Å². The van der Waals surface area contributed by atoms with Gasteiger partial charge in [-0.15, -0.1) is 0 Å². The molecule has 0 bridgehead atoms. The van der Waals surface area contributed by atoms with Crippen LogP contribution in [0.5, 0.6) is 0 Å². The molecule has 1 saturated heterocycles. The van der Waals surface area contributed by atoms with E-state index in [0.717, 1.165) is 32.4 Å². The molecule has 2 fully saturated rings. The highest BCUT2D eigenvalue weighted by Crippen LogP contribution is 2.20. The number of hydrogen-bond acceptors (Lipinski definition) is 3. The van der Waals surface area contributed by atoms with Crippen LogP contribution in [-0.2, 0) is 10.0 Å². The Bertz CT molecular complexity index is 306. The molecule has 5 heteroatoms. The Balaban J connectivity index is 1.70. The maximum Gasteiger partial charge on any atom is 0.211 e. The van der Waals surface area contributed by atoms with Crippen molar-refractivity contribution in [3.8, 4) is 0 Å². The first kappa shape index (κ1) is 12.3. The SMILES string of the molecule is O=S(=O)(CCC1CCCNC1)NC1CCC1. The van der Waals surface area contributed by atoms with Crippen LogP contribution in [0.25, 0.3) is 0 Å². The van der Waals surface area contributed by atoms with Gasteiger partial charge in [-0.1, -0.05) is 6.42 Å². The molecule has 94 valence electrons. The molecule has 1 aliphatic heterocycles. The molecule has 0 aromatic carbocycles. The van der Waals surface area contributed by atoms with Crippen molar-refractivity contribution in [3.05, 3.63) is 0 Å². The molecule has 2 aliphatic rings. The third-order valence-corrected chi connectivity index (χ3v) is 5.11. The minimum absolute atomic E-state index is 0.231. The molecule has 0 amide bonds. The van der Waals surface area contributed by atoms with E-state index in [9.17, 15) is 8.42 Å². The van der Waals surface area contributed by atoms with Gasteiger partial charge in [-0.2, -0.15) is 0 Å². The molecule has 0 spiro atoms. The smallest absolute Gasteiger partial charge is 0.211 e. The van der Waals surface area contributed by atoms with Gasteiger partial charge in [0.25, 0.3) is 0 Å². The Labute approximate surface area is 98.2 Å². The van der Waals surface area contributed by atoms with Gasteiger partial charge in [0.15, 0.2) is 0 Å². The highest BCUT2D eigenvalue weighted by molar-refractivity contribution is 7.89. The van der Waals surface area contributed by atoms with Crippen LogP contribution < -0.4 is 10.0 Å². The fourth-order valence-electron chi connectivity index (χ4n) is 2.33. The van der Waals surface area contributed by atoms with Gasteiger partial charge < -0.3 is 5.32 Å². The predicted molar refractivity (Wildman–Crippen MR) is 64.8 cm³/mol. The van der Waals surface area contributed by atoms with Gasteiger partial charge in [0.2, 0.25) is 10.0 Å². The minimum atomic E-state index is -3.02. The highest BCUT2D eigenvalue weighted by Gasteiger charge is 2.24. The van der Waals surface area contributed by atoms with Crippen molar-refractivity contribution in [3.63, 3.8) is 0 Å². The molecular formula is C11H22N2O2S. The summed E-state index contributed by atoms with van der Waals surface area (Å²) in [6, 6.07) is 0.231. The summed E-state index contributed by atoms with van der Waals surface area (Å²) in [7, 11) is -3.02. The van der Waals surface area contributed by atoms with Crippen molar-refractivity contribution in [1.82, 2.24) is 10.0 Å². The van der Waals surface area contributed by atoms with E-state index in [1.54, 1.807) is 0 Å². The largest absolute Gasteiger partial charge is 0.316 e. The summed E-state index contributed by atoms with van der Waals surface area (Å²) >= 11 is 0. The molecule has 1 saturated carbocycles. The minimum Gasteiger partial charge on any atom is -0.316 e. The second-order valence-electron chi connectivity index (χ2n) is 5.07. The van der Waals surface area contributed by atoms with Gasteiger partial charge in [0.1, 0.15) is 0 Å². The number of rotatable bonds is 5.